The Labute approximate surface area is 118 Å². The van der Waals surface area contributed by atoms with Gasteiger partial charge >= 0.3 is 0 Å². The van der Waals surface area contributed by atoms with Crippen molar-refractivity contribution in [3.63, 3.8) is 0 Å². The molecule has 0 unspecified atom stereocenters. The second kappa shape index (κ2) is 5.74. The van der Waals surface area contributed by atoms with Crippen molar-refractivity contribution in [2.24, 2.45) is 0 Å². The summed E-state index contributed by atoms with van der Waals surface area (Å²) in [5.74, 6) is 2.19. The van der Waals surface area contributed by atoms with Gasteiger partial charge in [0.25, 0.3) is 5.89 Å². The maximum absolute atomic E-state index is 5.63. The lowest BCUT2D eigenvalue weighted by molar-refractivity contribution is 0.414. The minimum Gasteiger partial charge on any atom is -0.496 e. The molecular weight excluding hydrogens is 278 g/mol. The van der Waals surface area contributed by atoms with E-state index in [4.69, 9.17) is 9.15 Å². The van der Waals surface area contributed by atoms with Crippen LogP contribution in [0.25, 0.3) is 11.5 Å². The van der Waals surface area contributed by atoms with Gasteiger partial charge in [-0.2, -0.15) is 5.10 Å². The lowest BCUT2D eigenvalue weighted by Crippen LogP contribution is -1.87. The van der Waals surface area contributed by atoms with Gasteiger partial charge in [0, 0.05) is 0 Å². The van der Waals surface area contributed by atoms with Crippen molar-refractivity contribution in [1.82, 2.24) is 25.4 Å². The SMILES string of the molecule is COc1ccccc1-c1nnc(CSc2ncn[nH]2)o1. The van der Waals surface area contributed by atoms with Crippen LogP contribution < -0.4 is 4.74 Å². The average molecular weight is 289 g/mol. The molecule has 0 fully saturated rings. The number of hydrogen-bond acceptors (Lipinski definition) is 7. The molecule has 2 heterocycles. The summed E-state index contributed by atoms with van der Waals surface area (Å²) in [6, 6.07) is 7.51. The van der Waals surface area contributed by atoms with Crippen LogP contribution >= 0.6 is 11.8 Å². The number of H-pyrrole nitrogens is 1. The number of benzene rings is 1. The predicted molar refractivity (Wildman–Crippen MR) is 72.2 cm³/mol. The molecule has 0 amide bonds. The third kappa shape index (κ3) is 2.64. The number of nitrogens with one attached hydrogen (secondary N) is 1. The number of thioether (sulfide) groups is 1. The molecule has 1 aromatic carbocycles. The van der Waals surface area contributed by atoms with Gasteiger partial charge in [0.15, 0.2) is 5.16 Å². The highest BCUT2D eigenvalue weighted by Crippen LogP contribution is 2.29. The first kappa shape index (κ1) is 12.7. The van der Waals surface area contributed by atoms with Crippen LogP contribution in [0.2, 0.25) is 0 Å². The van der Waals surface area contributed by atoms with E-state index in [0.717, 1.165) is 5.56 Å². The summed E-state index contributed by atoms with van der Waals surface area (Å²) in [6.07, 6.45) is 1.45. The smallest absolute Gasteiger partial charge is 0.251 e. The van der Waals surface area contributed by atoms with Crippen molar-refractivity contribution < 1.29 is 9.15 Å². The zero-order valence-electron chi connectivity index (χ0n) is 10.6. The first-order valence-corrected chi connectivity index (χ1v) is 6.79. The first-order valence-electron chi connectivity index (χ1n) is 5.81. The van der Waals surface area contributed by atoms with Crippen LogP contribution in [0.15, 0.2) is 40.2 Å². The summed E-state index contributed by atoms with van der Waals surface area (Å²) in [5, 5.41) is 15.3. The summed E-state index contributed by atoms with van der Waals surface area (Å²) in [6.45, 7) is 0. The molecular formula is C12H11N5O2S. The number of ether oxygens (including phenoxy) is 1. The number of hydrogen-bond donors (Lipinski definition) is 1. The molecule has 0 radical (unpaired) electrons. The predicted octanol–water partition coefficient (Wildman–Crippen LogP) is 2.16. The molecule has 0 spiro atoms. The Morgan fingerprint density at radius 2 is 2.20 bits per heavy atom. The van der Waals surface area contributed by atoms with Gasteiger partial charge in [0.2, 0.25) is 5.89 Å². The van der Waals surface area contributed by atoms with E-state index in [9.17, 15) is 0 Å². The molecule has 7 nitrogen and oxygen atoms in total. The topological polar surface area (TPSA) is 89.7 Å². The van der Waals surface area contributed by atoms with Crippen molar-refractivity contribution in [2.75, 3.05) is 7.11 Å². The van der Waals surface area contributed by atoms with E-state index in [1.54, 1.807) is 7.11 Å². The number of methoxy groups -OCH3 is 1. The lowest BCUT2D eigenvalue weighted by atomic mass is 10.2. The highest BCUT2D eigenvalue weighted by Gasteiger charge is 2.13. The van der Waals surface area contributed by atoms with E-state index < -0.39 is 0 Å². The van der Waals surface area contributed by atoms with Crippen molar-refractivity contribution in [2.45, 2.75) is 10.9 Å². The highest BCUT2D eigenvalue weighted by molar-refractivity contribution is 7.98. The minimum absolute atomic E-state index is 0.440. The number of rotatable bonds is 5. The van der Waals surface area contributed by atoms with Crippen LogP contribution in [0.1, 0.15) is 5.89 Å². The number of nitrogens with zero attached hydrogens (tertiary/aromatic N) is 4. The normalized spacial score (nSPS) is 10.7. The second-order valence-corrected chi connectivity index (χ2v) is 4.74. The Morgan fingerprint density at radius 3 is 3.00 bits per heavy atom. The molecule has 0 atom stereocenters. The van der Waals surface area contributed by atoms with Crippen LogP contribution in [-0.4, -0.2) is 32.5 Å². The fourth-order valence-corrected chi connectivity index (χ4v) is 2.25. The van der Waals surface area contributed by atoms with Gasteiger partial charge in [0.05, 0.1) is 18.4 Å². The fourth-order valence-electron chi connectivity index (χ4n) is 1.64. The molecule has 0 aliphatic heterocycles. The zero-order chi connectivity index (χ0) is 13.8. The summed E-state index contributed by atoms with van der Waals surface area (Å²) in [5.41, 5.74) is 0.776. The number of para-hydroxylation sites is 1. The van der Waals surface area contributed by atoms with Crippen LogP contribution in [-0.2, 0) is 5.75 Å². The monoisotopic (exact) mass is 289 g/mol. The van der Waals surface area contributed by atoms with Crippen LogP contribution in [0.5, 0.6) is 5.75 Å². The van der Waals surface area contributed by atoms with Crippen molar-refractivity contribution in [3.05, 3.63) is 36.5 Å². The standard InChI is InChI=1S/C12H11N5O2S/c1-18-9-5-3-2-4-8(9)11-16-15-10(19-11)6-20-12-13-7-14-17-12/h2-5,7H,6H2,1H3,(H,13,14,17). The molecule has 20 heavy (non-hydrogen) atoms. The Balaban J connectivity index is 1.76. The molecule has 0 saturated heterocycles. The quantitative estimate of drug-likeness (QED) is 0.720. The second-order valence-electron chi connectivity index (χ2n) is 3.78. The molecule has 2 aromatic heterocycles. The van der Waals surface area contributed by atoms with Crippen molar-refractivity contribution in [1.29, 1.82) is 0 Å². The van der Waals surface area contributed by atoms with Gasteiger partial charge in [0.1, 0.15) is 12.1 Å². The molecule has 1 N–H and O–H groups in total. The van der Waals surface area contributed by atoms with Gasteiger partial charge in [-0.05, 0) is 12.1 Å². The van der Waals surface area contributed by atoms with Crippen LogP contribution in [0.3, 0.4) is 0 Å². The Bertz CT molecular complexity index is 683. The van der Waals surface area contributed by atoms with E-state index in [1.165, 1.54) is 18.1 Å². The van der Waals surface area contributed by atoms with E-state index >= 15 is 0 Å². The van der Waals surface area contributed by atoms with Gasteiger partial charge in [-0.25, -0.2) is 4.98 Å². The molecule has 0 aliphatic rings. The summed E-state index contributed by atoms with van der Waals surface area (Å²) in [7, 11) is 1.61. The van der Waals surface area contributed by atoms with Crippen molar-refractivity contribution in [3.8, 4) is 17.2 Å². The summed E-state index contributed by atoms with van der Waals surface area (Å²) >= 11 is 1.44. The fraction of sp³-hybridized carbons (Fsp3) is 0.167. The van der Waals surface area contributed by atoms with Crippen LogP contribution in [0, 0.1) is 0 Å². The minimum atomic E-state index is 0.440. The number of aromatic nitrogens is 5. The zero-order valence-corrected chi connectivity index (χ0v) is 11.4. The lowest BCUT2D eigenvalue weighted by Gasteiger charge is -2.03. The van der Waals surface area contributed by atoms with Gasteiger partial charge < -0.3 is 9.15 Å². The summed E-state index contributed by atoms with van der Waals surface area (Å²) in [4.78, 5) is 4.01. The van der Waals surface area contributed by atoms with E-state index in [0.29, 0.717) is 28.4 Å². The highest BCUT2D eigenvalue weighted by atomic mass is 32.2. The van der Waals surface area contributed by atoms with E-state index in [2.05, 4.69) is 25.4 Å². The van der Waals surface area contributed by atoms with Gasteiger partial charge in [-0.3, -0.25) is 5.10 Å². The molecule has 0 saturated carbocycles. The molecule has 102 valence electrons. The van der Waals surface area contributed by atoms with Gasteiger partial charge in [-0.1, -0.05) is 23.9 Å². The Kier molecular flexibility index (Phi) is 3.64. The molecule has 3 rings (SSSR count). The molecule has 0 aliphatic carbocycles. The molecule has 8 heteroatoms. The van der Waals surface area contributed by atoms with E-state index in [-0.39, 0.29) is 0 Å². The number of aromatic amines is 1. The summed E-state index contributed by atoms with van der Waals surface area (Å²) < 4.78 is 10.9. The van der Waals surface area contributed by atoms with Gasteiger partial charge in [-0.15, -0.1) is 10.2 Å². The molecule has 3 aromatic rings. The maximum atomic E-state index is 5.63. The average Bonchev–Trinajstić information content (AvgIpc) is 3.16. The first-order chi connectivity index (χ1) is 9.86. The van der Waals surface area contributed by atoms with Crippen molar-refractivity contribution >= 4 is 11.8 Å². The third-order valence-corrected chi connectivity index (χ3v) is 3.39. The van der Waals surface area contributed by atoms with E-state index in [1.807, 2.05) is 24.3 Å². The largest absolute Gasteiger partial charge is 0.496 e. The third-order valence-electron chi connectivity index (χ3n) is 2.53. The Hall–Kier alpha value is -2.35. The maximum Gasteiger partial charge on any atom is 0.251 e. The molecule has 0 bridgehead atoms. The Morgan fingerprint density at radius 1 is 1.30 bits per heavy atom. The van der Waals surface area contributed by atoms with Crippen LogP contribution in [0.4, 0.5) is 0 Å².